The summed E-state index contributed by atoms with van der Waals surface area (Å²) in [7, 11) is 0. The molecule has 0 aromatic heterocycles. The standard InChI is InChI=1S/C9H7BF6NO.K/c11-9(12,13)7-3-1-6(2-4-7)8(18)17-5-10(14,15)16;/h1-4H,5H2,(H,17,18);/q-1;+1. The summed E-state index contributed by atoms with van der Waals surface area (Å²) >= 11 is 0. The van der Waals surface area contributed by atoms with E-state index in [0.717, 1.165) is 12.1 Å². The van der Waals surface area contributed by atoms with Gasteiger partial charge in [-0.2, -0.15) is 13.2 Å². The van der Waals surface area contributed by atoms with Crippen LogP contribution in [0.2, 0.25) is 0 Å². The summed E-state index contributed by atoms with van der Waals surface area (Å²) < 4.78 is 72.1. The predicted molar refractivity (Wildman–Crippen MR) is 52.9 cm³/mol. The third kappa shape index (κ3) is 6.80. The summed E-state index contributed by atoms with van der Waals surface area (Å²) in [5.41, 5.74) is -1.23. The maximum absolute atomic E-state index is 12.2. The molecule has 1 rings (SSSR count). The first-order valence-electron chi connectivity index (χ1n) is 4.76. The average molecular weight is 309 g/mol. The number of carbonyl (C=O) groups is 1. The molecule has 0 aliphatic heterocycles. The first-order chi connectivity index (χ1) is 8.09. The zero-order valence-corrected chi connectivity index (χ0v) is 12.9. The number of nitrogens with one attached hydrogen (secondary N) is 1. The first kappa shape index (κ1) is 19.0. The van der Waals surface area contributed by atoms with Crippen molar-refractivity contribution in [2.75, 3.05) is 6.44 Å². The van der Waals surface area contributed by atoms with Crippen molar-refractivity contribution >= 4 is 12.9 Å². The Morgan fingerprint density at radius 2 is 1.58 bits per heavy atom. The summed E-state index contributed by atoms with van der Waals surface area (Å²) in [6.45, 7) is -5.17. The molecule has 10 heteroatoms. The molecule has 100 valence electrons. The van der Waals surface area contributed by atoms with Crippen LogP contribution in [0.4, 0.5) is 26.1 Å². The molecule has 2 nitrogen and oxygen atoms in total. The molecule has 0 bridgehead atoms. The van der Waals surface area contributed by atoms with Gasteiger partial charge in [-0.15, -0.1) is 0 Å². The van der Waals surface area contributed by atoms with Gasteiger partial charge in [-0.25, -0.2) is 0 Å². The molecule has 1 aromatic carbocycles. The number of carbonyl (C=O) groups excluding carboxylic acids is 1. The molecule has 0 unspecified atom stereocenters. The van der Waals surface area contributed by atoms with E-state index < -0.39 is 31.1 Å². The van der Waals surface area contributed by atoms with E-state index in [4.69, 9.17) is 0 Å². The Balaban J connectivity index is 0.00000324. The second-order valence-corrected chi connectivity index (χ2v) is 3.50. The van der Waals surface area contributed by atoms with E-state index in [1.165, 1.54) is 0 Å². The fraction of sp³-hybridized carbons (Fsp3) is 0.222. The zero-order chi connectivity index (χ0) is 14.0. The van der Waals surface area contributed by atoms with Gasteiger partial charge in [0.1, 0.15) is 0 Å². The number of halogens is 6. The number of hydrogen-bond donors (Lipinski definition) is 1. The second kappa shape index (κ2) is 7.12. The van der Waals surface area contributed by atoms with Crippen molar-refractivity contribution in [2.24, 2.45) is 0 Å². The van der Waals surface area contributed by atoms with Gasteiger partial charge in [0.15, 0.2) is 0 Å². The zero-order valence-electron chi connectivity index (χ0n) is 9.77. The molecular weight excluding hydrogens is 302 g/mol. The van der Waals surface area contributed by atoms with Crippen molar-refractivity contribution < 1.29 is 82.3 Å². The summed E-state index contributed by atoms with van der Waals surface area (Å²) in [4.78, 5) is 11.2. The smallest absolute Gasteiger partial charge is 0.448 e. The third-order valence-corrected chi connectivity index (χ3v) is 1.97. The Labute approximate surface area is 147 Å². The van der Waals surface area contributed by atoms with Crippen LogP contribution in [0.5, 0.6) is 0 Å². The van der Waals surface area contributed by atoms with Gasteiger partial charge in [-0.1, -0.05) is 0 Å². The van der Waals surface area contributed by atoms with E-state index in [9.17, 15) is 30.9 Å². The van der Waals surface area contributed by atoms with Crippen molar-refractivity contribution in [1.29, 1.82) is 0 Å². The Kier molecular flexibility index (Phi) is 7.10. The van der Waals surface area contributed by atoms with E-state index in [2.05, 4.69) is 0 Å². The normalized spacial score (nSPS) is 11.7. The molecule has 1 amide bonds. The number of benzene rings is 1. The van der Waals surface area contributed by atoms with Crippen LogP contribution in [0, 0.1) is 0 Å². The van der Waals surface area contributed by atoms with Crippen molar-refractivity contribution in [3.05, 3.63) is 35.4 Å². The summed E-state index contributed by atoms with van der Waals surface area (Å²) in [6, 6.07) is 2.91. The van der Waals surface area contributed by atoms with Crippen molar-refractivity contribution in [3.63, 3.8) is 0 Å². The Morgan fingerprint density at radius 1 is 1.11 bits per heavy atom. The molecule has 0 atom stereocenters. The maximum Gasteiger partial charge on any atom is 1.00 e. The molecule has 0 aliphatic rings. The quantitative estimate of drug-likeness (QED) is 0.609. The van der Waals surface area contributed by atoms with Crippen LogP contribution in [-0.2, 0) is 6.18 Å². The SMILES string of the molecule is O=C(NC[B-](F)(F)F)c1ccc(C(F)(F)F)cc1.[K+]. The number of rotatable bonds is 3. The van der Waals surface area contributed by atoms with E-state index in [1.807, 2.05) is 0 Å². The molecule has 0 radical (unpaired) electrons. The van der Waals surface area contributed by atoms with Crippen molar-refractivity contribution in [1.82, 2.24) is 5.32 Å². The van der Waals surface area contributed by atoms with Crippen LogP contribution in [0.1, 0.15) is 15.9 Å². The van der Waals surface area contributed by atoms with Gasteiger partial charge in [0.25, 0.3) is 0 Å². The van der Waals surface area contributed by atoms with Gasteiger partial charge in [-0.3, -0.25) is 4.79 Å². The van der Waals surface area contributed by atoms with Gasteiger partial charge in [0.2, 0.25) is 5.91 Å². The topological polar surface area (TPSA) is 29.1 Å². The van der Waals surface area contributed by atoms with Crippen LogP contribution in [0.15, 0.2) is 24.3 Å². The van der Waals surface area contributed by atoms with Gasteiger partial charge >= 0.3 is 64.5 Å². The molecular formula is C9H7BF6KNO. The Morgan fingerprint density at radius 3 is 1.95 bits per heavy atom. The number of alkyl halides is 3. The van der Waals surface area contributed by atoms with E-state index in [1.54, 1.807) is 5.32 Å². The van der Waals surface area contributed by atoms with Gasteiger partial charge < -0.3 is 18.3 Å². The van der Waals surface area contributed by atoms with E-state index in [0.29, 0.717) is 12.1 Å². The van der Waals surface area contributed by atoms with Crippen LogP contribution in [-0.4, -0.2) is 19.3 Å². The minimum atomic E-state index is -5.17. The van der Waals surface area contributed by atoms with Gasteiger partial charge in [-0.05, 0) is 30.7 Å². The molecule has 0 saturated carbocycles. The molecule has 0 spiro atoms. The second-order valence-electron chi connectivity index (χ2n) is 3.50. The first-order valence-corrected chi connectivity index (χ1v) is 4.76. The molecule has 0 heterocycles. The predicted octanol–water partition coefficient (Wildman–Crippen LogP) is -0.174. The van der Waals surface area contributed by atoms with Gasteiger partial charge in [0, 0.05) is 5.56 Å². The summed E-state index contributed by atoms with van der Waals surface area (Å²) in [5, 5.41) is 1.58. The fourth-order valence-corrected chi connectivity index (χ4v) is 1.12. The van der Waals surface area contributed by atoms with Crippen LogP contribution < -0.4 is 56.7 Å². The van der Waals surface area contributed by atoms with Gasteiger partial charge in [0.05, 0.1) is 5.56 Å². The van der Waals surface area contributed by atoms with Crippen LogP contribution >= 0.6 is 0 Å². The Bertz CT molecular complexity index is 430. The molecule has 19 heavy (non-hydrogen) atoms. The van der Waals surface area contributed by atoms with E-state index in [-0.39, 0.29) is 56.9 Å². The maximum atomic E-state index is 12.2. The minimum absolute atomic E-state index is 0. The number of amides is 1. The fourth-order valence-electron chi connectivity index (χ4n) is 1.12. The molecule has 0 fully saturated rings. The minimum Gasteiger partial charge on any atom is -0.448 e. The van der Waals surface area contributed by atoms with Crippen LogP contribution in [0.25, 0.3) is 0 Å². The molecule has 1 aromatic rings. The average Bonchev–Trinajstić information content (AvgIpc) is 2.24. The molecule has 1 N–H and O–H groups in total. The van der Waals surface area contributed by atoms with Crippen LogP contribution in [0.3, 0.4) is 0 Å². The monoisotopic (exact) mass is 309 g/mol. The molecule has 0 aliphatic carbocycles. The van der Waals surface area contributed by atoms with Crippen molar-refractivity contribution in [2.45, 2.75) is 6.18 Å². The Hall–Kier alpha value is -0.0287. The van der Waals surface area contributed by atoms with Crippen molar-refractivity contribution in [3.8, 4) is 0 Å². The summed E-state index contributed by atoms with van der Waals surface area (Å²) in [6.07, 6.45) is -6.02. The third-order valence-electron chi connectivity index (χ3n) is 1.97. The molecule has 0 saturated heterocycles. The largest absolute Gasteiger partial charge is 1.00 e. The number of hydrogen-bond acceptors (Lipinski definition) is 1. The summed E-state index contributed by atoms with van der Waals surface area (Å²) in [5.74, 6) is -1.07. The van der Waals surface area contributed by atoms with E-state index >= 15 is 0 Å².